The highest BCUT2D eigenvalue weighted by molar-refractivity contribution is 5.40. The fourth-order valence-corrected chi connectivity index (χ4v) is 1.63. The lowest BCUT2D eigenvalue weighted by molar-refractivity contribution is 0.177. The number of nitrogens with one attached hydrogen (secondary N) is 1. The van der Waals surface area contributed by atoms with Gasteiger partial charge in [0.15, 0.2) is 5.82 Å². The van der Waals surface area contributed by atoms with E-state index in [4.69, 9.17) is 14.2 Å². The van der Waals surface area contributed by atoms with Gasteiger partial charge in [0.05, 0.1) is 7.11 Å². The number of anilines is 1. The molecule has 2 rings (SSSR count). The van der Waals surface area contributed by atoms with Crippen LogP contribution >= 0.6 is 0 Å². The van der Waals surface area contributed by atoms with Crippen molar-refractivity contribution >= 4 is 5.82 Å². The maximum atomic E-state index is 5.72. The minimum absolute atomic E-state index is 0.323. The lowest BCUT2D eigenvalue weighted by Gasteiger charge is -2.09. The molecule has 0 unspecified atom stereocenters. The van der Waals surface area contributed by atoms with Crippen molar-refractivity contribution in [2.75, 3.05) is 26.6 Å². The first kappa shape index (κ1) is 14.1. The van der Waals surface area contributed by atoms with Crippen LogP contribution in [0.25, 0.3) is 0 Å². The van der Waals surface area contributed by atoms with E-state index in [0.29, 0.717) is 29.9 Å². The third-order valence-electron chi connectivity index (χ3n) is 2.54. The number of hydrogen-bond donors (Lipinski definition) is 1. The van der Waals surface area contributed by atoms with Crippen LogP contribution in [0, 0.1) is 0 Å². The molecule has 1 heterocycles. The molecular formula is C14H17N3O3. The lowest BCUT2D eigenvalue weighted by Crippen LogP contribution is -2.03. The van der Waals surface area contributed by atoms with Crippen LogP contribution < -0.4 is 14.8 Å². The van der Waals surface area contributed by atoms with Crippen LogP contribution in [0.15, 0.2) is 30.3 Å². The Kier molecular flexibility index (Phi) is 4.73. The third-order valence-corrected chi connectivity index (χ3v) is 2.54. The Morgan fingerprint density at radius 1 is 1.10 bits per heavy atom. The number of aromatic nitrogens is 2. The van der Waals surface area contributed by atoms with Crippen molar-refractivity contribution in [1.82, 2.24) is 9.97 Å². The van der Waals surface area contributed by atoms with Crippen molar-refractivity contribution in [3.63, 3.8) is 0 Å². The Bertz CT molecular complexity index is 575. The first-order chi connectivity index (χ1) is 9.75. The molecule has 6 nitrogen and oxygen atoms in total. The van der Waals surface area contributed by atoms with Gasteiger partial charge in [-0.2, -0.15) is 4.98 Å². The van der Waals surface area contributed by atoms with E-state index in [0.717, 1.165) is 5.75 Å². The average molecular weight is 275 g/mol. The van der Waals surface area contributed by atoms with E-state index < -0.39 is 0 Å². The molecular weight excluding hydrogens is 258 g/mol. The van der Waals surface area contributed by atoms with Crippen LogP contribution in [0.3, 0.4) is 0 Å². The quantitative estimate of drug-likeness (QED) is 0.873. The van der Waals surface area contributed by atoms with Crippen LogP contribution in [0.4, 0.5) is 5.82 Å². The summed E-state index contributed by atoms with van der Waals surface area (Å²) in [4.78, 5) is 8.55. The maximum absolute atomic E-state index is 5.72. The molecule has 0 spiro atoms. The predicted octanol–water partition coefficient (Wildman–Crippen LogP) is 2.47. The molecule has 1 aromatic heterocycles. The Hall–Kier alpha value is -2.34. The lowest BCUT2D eigenvalue weighted by atomic mass is 10.3. The molecule has 20 heavy (non-hydrogen) atoms. The summed E-state index contributed by atoms with van der Waals surface area (Å²) in [7, 11) is 4.99. The summed E-state index contributed by atoms with van der Waals surface area (Å²) in [6.45, 7) is 0.323. The second-order valence-corrected chi connectivity index (χ2v) is 3.97. The number of ether oxygens (including phenoxy) is 3. The summed E-state index contributed by atoms with van der Waals surface area (Å²) >= 11 is 0. The summed E-state index contributed by atoms with van der Waals surface area (Å²) in [5, 5.41) is 2.96. The van der Waals surface area contributed by atoms with E-state index in [1.165, 1.54) is 0 Å². The maximum Gasteiger partial charge on any atom is 0.224 e. The molecule has 0 amide bonds. The topological polar surface area (TPSA) is 65.5 Å². The van der Waals surface area contributed by atoms with Gasteiger partial charge in [0.1, 0.15) is 23.9 Å². The van der Waals surface area contributed by atoms with Crippen LogP contribution in [0.1, 0.15) is 5.82 Å². The largest absolute Gasteiger partial charge is 0.497 e. The van der Waals surface area contributed by atoms with Crippen LogP contribution in [0.2, 0.25) is 0 Å². The van der Waals surface area contributed by atoms with Gasteiger partial charge in [-0.05, 0) is 12.1 Å². The number of hydrogen-bond acceptors (Lipinski definition) is 6. The second kappa shape index (κ2) is 6.72. The molecule has 0 aliphatic carbocycles. The minimum Gasteiger partial charge on any atom is -0.497 e. The van der Waals surface area contributed by atoms with Gasteiger partial charge in [0, 0.05) is 26.3 Å². The van der Waals surface area contributed by atoms with E-state index in [-0.39, 0.29) is 0 Å². The zero-order valence-corrected chi connectivity index (χ0v) is 11.7. The van der Waals surface area contributed by atoms with E-state index in [1.54, 1.807) is 33.4 Å². The van der Waals surface area contributed by atoms with Crippen molar-refractivity contribution in [3.8, 4) is 17.4 Å². The first-order valence-electron chi connectivity index (χ1n) is 6.11. The summed E-state index contributed by atoms with van der Waals surface area (Å²) in [5.41, 5.74) is 0. The number of rotatable bonds is 6. The third kappa shape index (κ3) is 3.58. The van der Waals surface area contributed by atoms with Crippen molar-refractivity contribution in [2.24, 2.45) is 0 Å². The van der Waals surface area contributed by atoms with Gasteiger partial charge >= 0.3 is 0 Å². The molecule has 1 N–H and O–H groups in total. The highest BCUT2D eigenvalue weighted by Gasteiger charge is 2.06. The average Bonchev–Trinajstić information content (AvgIpc) is 2.47. The molecule has 0 aliphatic rings. The molecule has 2 aromatic rings. The zero-order chi connectivity index (χ0) is 14.4. The highest BCUT2D eigenvalue weighted by atomic mass is 16.5. The summed E-state index contributed by atoms with van der Waals surface area (Å²) in [6, 6.07) is 9.04. The van der Waals surface area contributed by atoms with Crippen molar-refractivity contribution in [2.45, 2.75) is 6.61 Å². The Labute approximate surface area is 117 Å². The standard InChI is InChI=1S/C14H17N3O3/c1-15-12-8-14(17-13(16-12)9-18-2)20-11-6-4-5-10(7-11)19-3/h4-8H,9H2,1-3H3,(H,15,16,17). The van der Waals surface area contributed by atoms with E-state index >= 15 is 0 Å². The monoisotopic (exact) mass is 275 g/mol. The van der Waals surface area contributed by atoms with Crippen LogP contribution in [0.5, 0.6) is 17.4 Å². The van der Waals surface area contributed by atoms with Crippen LogP contribution in [-0.2, 0) is 11.3 Å². The smallest absolute Gasteiger partial charge is 0.224 e. The Morgan fingerprint density at radius 2 is 1.90 bits per heavy atom. The Balaban J connectivity index is 2.24. The summed E-state index contributed by atoms with van der Waals surface area (Å²) in [6.07, 6.45) is 0. The van der Waals surface area contributed by atoms with Crippen LogP contribution in [-0.4, -0.2) is 31.2 Å². The number of benzene rings is 1. The first-order valence-corrected chi connectivity index (χ1v) is 6.11. The van der Waals surface area contributed by atoms with Gasteiger partial charge in [-0.15, -0.1) is 0 Å². The van der Waals surface area contributed by atoms with Gasteiger partial charge in [-0.1, -0.05) is 6.07 Å². The van der Waals surface area contributed by atoms with Gasteiger partial charge in [-0.25, -0.2) is 4.98 Å². The molecule has 106 valence electrons. The Morgan fingerprint density at radius 3 is 2.60 bits per heavy atom. The molecule has 0 bridgehead atoms. The van der Waals surface area contributed by atoms with Crippen molar-refractivity contribution < 1.29 is 14.2 Å². The summed E-state index contributed by atoms with van der Waals surface area (Å²) < 4.78 is 15.9. The fraction of sp³-hybridized carbons (Fsp3) is 0.286. The SMILES string of the molecule is CNc1cc(Oc2cccc(OC)c2)nc(COC)n1. The van der Waals surface area contributed by atoms with Crippen molar-refractivity contribution in [3.05, 3.63) is 36.2 Å². The molecule has 0 saturated carbocycles. The molecule has 0 aliphatic heterocycles. The number of methoxy groups -OCH3 is 2. The molecule has 0 saturated heterocycles. The highest BCUT2D eigenvalue weighted by Crippen LogP contribution is 2.25. The fourth-order valence-electron chi connectivity index (χ4n) is 1.63. The summed E-state index contributed by atoms with van der Waals surface area (Å²) in [5.74, 6) is 3.04. The molecule has 1 aromatic carbocycles. The van der Waals surface area contributed by atoms with Gasteiger partial charge in [0.25, 0.3) is 0 Å². The minimum atomic E-state index is 0.323. The normalized spacial score (nSPS) is 10.2. The predicted molar refractivity (Wildman–Crippen MR) is 75.4 cm³/mol. The van der Waals surface area contributed by atoms with Gasteiger partial charge < -0.3 is 19.5 Å². The van der Waals surface area contributed by atoms with Crippen molar-refractivity contribution in [1.29, 1.82) is 0 Å². The van der Waals surface area contributed by atoms with E-state index in [1.807, 2.05) is 18.2 Å². The van der Waals surface area contributed by atoms with E-state index in [9.17, 15) is 0 Å². The van der Waals surface area contributed by atoms with Gasteiger partial charge in [-0.3, -0.25) is 0 Å². The molecule has 6 heteroatoms. The molecule has 0 radical (unpaired) electrons. The molecule has 0 fully saturated rings. The zero-order valence-electron chi connectivity index (χ0n) is 11.7. The van der Waals surface area contributed by atoms with E-state index in [2.05, 4.69) is 15.3 Å². The second-order valence-electron chi connectivity index (χ2n) is 3.97. The number of nitrogens with zero attached hydrogens (tertiary/aromatic N) is 2. The van der Waals surface area contributed by atoms with Gasteiger partial charge in [0.2, 0.25) is 5.88 Å². The molecule has 0 atom stereocenters.